The molecular weight excluding hydrogens is 288 g/mol. The fourth-order valence-electron chi connectivity index (χ4n) is 2.32. The second-order valence-electron chi connectivity index (χ2n) is 5.54. The molecule has 3 aromatic rings. The Labute approximate surface area is 135 Å². The maximum Gasteiger partial charge on any atom is 0.132 e. The zero-order chi connectivity index (χ0) is 16.2. The molecule has 0 amide bonds. The molecule has 0 fully saturated rings. The molecule has 0 saturated heterocycles. The van der Waals surface area contributed by atoms with Gasteiger partial charge < -0.3 is 10.5 Å². The minimum absolute atomic E-state index is 0.332. The van der Waals surface area contributed by atoms with Gasteiger partial charge in [-0.15, -0.1) is 5.10 Å². The molecule has 0 spiro atoms. The predicted molar refractivity (Wildman–Crippen MR) is 89.5 cm³/mol. The van der Waals surface area contributed by atoms with E-state index in [-0.39, 0.29) is 0 Å². The van der Waals surface area contributed by atoms with E-state index in [0.29, 0.717) is 13.2 Å². The number of nitrogens with two attached hydrogens (primary N) is 1. The van der Waals surface area contributed by atoms with Crippen LogP contribution in [0.4, 0.5) is 0 Å². The van der Waals surface area contributed by atoms with E-state index in [1.54, 1.807) is 4.68 Å². The van der Waals surface area contributed by atoms with Crippen LogP contribution in [-0.4, -0.2) is 15.0 Å². The molecule has 0 aliphatic rings. The minimum Gasteiger partial charge on any atom is -0.487 e. The molecule has 2 aromatic carbocycles. The normalized spacial score (nSPS) is 10.7. The number of aromatic nitrogens is 3. The van der Waals surface area contributed by atoms with Crippen molar-refractivity contribution in [3.8, 4) is 11.4 Å². The summed E-state index contributed by atoms with van der Waals surface area (Å²) in [6.45, 7) is 4.81. The molecule has 0 aliphatic heterocycles. The fraction of sp³-hybridized carbons (Fsp3) is 0.222. The summed E-state index contributed by atoms with van der Waals surface area (Å²) < 4.78 is 7.66. The topological polar surface area (TPSA) is 66.0 Å². The first-order valence-corrected chi connectivity index (χ1v) is 7.57. The summed E-state index contributed by atoms with van der Waals surface area (Å²) in [4.78, 5) is 0. The number of nitrogens with zero attached hydrogens (tertiary/aromatic N) is 3. The smallest absolute Gasteiger partial charge is 0.132 e. The van der Waals surface area contributed by atoms with Crippen LogP contribution in [0.15, 0.2) is 48.5 Å². The number of hydrogen-bond acceptors (Lipinski definition) is 4. The molecule has 5 nitrogen and oxygen atoms in total. The molecule has 0 saturated carbocycles. The van der Waals surface area contributed by atoms with Crippen LogP contribution in [0.25, 0.3) is 5.69 Å². The standard InChI is InChI=1S/C18H20N4O/c1-13-3-7-15(8-4-13)22-18(17(11-19)20-21-22)12-23-16-9-5-14(2)6-10-16/h3-10H,11-12,19H2,1-2H3. The molecule has 2 N–H and O–H groups in total. The second-order valence-corrected chi connectivity index (χ2v) is 5.54. The molecule has 0 atom stereocenters. The van der Waals surface area contributed by atoms with E-state index in [4.69, 9.17) is 10.5 Å². The third kappa shape index (κ3) is 3.40. The van der Waals surface area contributed by atoms with Crippen molar-refractivity contribution in [2.24, 2.45) is 5.73 Å². The molecule has 118 valence electrons. The Balaban J connectivity index is 1.86. The summed E-state index contributed by atoms with van der Waals surface area (Å²) in [6, 6.07) is 16.1. The summed E-state index contributed by atoms with van der Waals surface area (Å²) in [5, 5.41) is 8.39. The van der Waals surface area contributed by atoms with Crippen molar-refractivity contribution in [1.82, 2.24) is 15.0 Å². The zero-order valence-corrected chi connectivity index (χ0v) is 13.4. The largest absolute Gasteiger partial charge is 0.487 e. The van der Waals surface area contributed by atoms with Gasteiger partial charge in [-0.1, -0.05) is 40.6 Å². The molecule has 0 bridgehead atoms. The molecule has 0 unspecified atom stereocenters. The lowest BCUT2D eigenvalue weighted by Crippen LogP contribution is -2.09. The third-order valence-corrected chi connectivity index (χ3v) is 3.71. The van der Waals surface area contributed by atoms with Crippen LogP contribution in [0.2, 0.25) is 0 Å². The maximum atomic E-state index is 5.88. The van der Waals surface area contributed by atoms with Gasteiger partial charge >= 0.3 is 0 Å². The van der Waals surface area contributed by atoms with Crippen molar-refractivity contribution in [1.29, 1.82) is 0 Å². The molecule has 0 radical (unpaired) electrons. The zero-order valence-electron chi connectivity index (χ0n) is 13.4. The number of rotatable bonds is 5. The van der Waals surface area contributed by atoms with Gasteiger partial charge in [-0.3, -0.25) is 0 Å². The Bertz CT molecular complexity index is 776. The lowest BCUT2D eigenvalue weighted by atomic mass is 10.2. The summed E-state index contributed by atoms with van der Waals surface area (Å²) in [5.74, 6) is 0.815. The average molecular weight is 308 g/mol. The van der Waals surface area contributed by atoms with Crippen LogP contribution in [0, 0.1) is 13.8 Å². The van der Waals surface area contributed by atoms with Gasteiger partial charge in [0.2, 0.25) is 0 Å². The summed E-state index contributed by atoms with van der Waals surface area (Å²) in [6.07, 6.45) is 0. The first kappa shape index (κ1) is 15.2. The van der Waals surface area contributed by atoms with Gasteiger partial charge in [0, 0.05) is 6.54 Å². The lowest BCUT2D eigenvalue weighted by molar-refractivity contribution is 0.296. The van der Waals surface area contributed by atoms with Crippen molar-refractivity contribution in [3.63, 3.8) is 0 Å². The van der Waals surface area contributed by atoms with Gasteiger partial charge in [-0.2, -0.15) is 0 Å². The van der Waals surface area contributed by atoms with Gasteiger partial charge in [-0.25, -0.2) is 4.68 Å². The highest BCUT2D eigenvalue weighted by atomic mass is 16.5. The molecular formula is C18H20N4O. The van der Waals surface area contributed by atoms with Crippen LogP contribution in [0.3, 0.4) is 0 Å². The second kappa shape index (κ2) is 6.62. The minimum atomic E-state index is 0.332. The summed E-state index contributed by atoms with van der Waals surface area (Å²) >= 11 is 0. The van der Waals surface area contributed by atoms with Gasteiger partial charge in [0.25, 0.3) is 0 Å². The van der Waals surface area contributed by atoms with Crippen LogP contribution in [0.1, 0.15) is 22.5 Å². The van der Waals surface area contributed by atoms with E-state index in [1.165, 1.54) is 11.1 Å². The highest BCUT2D eigenvalue weighted by Crippen LogP contribution is 2.18. The summed E-state index contributed by atoms with van der Waals surface area (Å²) in [7, 11) is 0. The Morgan fingerprint density at radius 2 is 1.57 bits per heavy atom. The Morgan fingerprint density at radius 1 is 0.957 bits per heavy atom. The highest BCUT2D eigenvalue weighted by Gasteiger charge is 2.14. The van der Waals surface area contributed by atoms with Gasteiger partial charge in [0.05, 0.1) is 5.69 Å². The lowest BCUT2D eigenvalue weighted by Gasteiger charge is -2.10. The van der Waals surface area contributed by atoms with Crippen molar-refractivity contribution in [3.05, 3.63) is 71.0 Å². The van der Waals surface area contributed by atoms with E-state index in [1.807, 2.05) is 55.5 Å². The van der Waals surface area contributed by atoms with Crippen molar-refractivity contribution < 1.29 is 4.74 Å². The van der Waals surface area contributed by atoms with Crippen LogP contribution in [0.5, 0.6) is 5.75 Å². The number of aryl methyl sites for hydroxylation is 2. The van der Waals surface area contributed by atoms with E-state index in [9.17, 15) is 0 Å². The van der Waals surface area contributed by atoms with Crippen molar-refractivity contribution >= 4 is 0 Å². The monoisotopic (exact) mass is 308 g/mol. The predicted octanol–water partition coefficient (Wildman–Crippen LogP) is 2.92. The number of ether oxygens (including phenoxy) is 1. The van der Waals surface area contributed by atoms with E-state index < -0.39 is 0 Å². The van der Waals surface area contributed by atoms with E-state index in [0.717, 1.165) is 22.8 Å². The van der Waals surface area contributed by atoms with Crippen LogP contribution in [-0.2, 0) is 13.2 Å². The van der Waals surface area contributed by atoms with Crippen molar-refractivity contribution in [2.45, 2.75) is 27.0 Å². The Hall–Kier alpha value is -2.66. The van der Waals surface area contributed by atoms with Crippen molar-refractivity contribution in [2.75, 3.05) is 0 Å². The fourth-order valence-corrected chi connectivity index (χ4v) is 2.32. The molecule has 23 heavy (non-hydrogen) atoms. The summed E-state index contributed by atoms with van der Waals surface area (Å²) in [5.41, 5.74) is 10.8. The third-order valence-electron chi connectivity index (χ3n) is 3.71. The quantitative estimate of drug-likeness (QED) is 0.787. The Kier molecular flexibility index (Phi) is 4.39. The molecule has 5 heteroatoms. The SMILES string of the molecule is Cc1ccc(OCc2c(CN)nnn2-c2ccc(C)cc2)cc1. The van der Waals surface area contributed by atoms with Gasteiger partial charge in [0.1, 0.15) is 23.7 Å². The average Bonchev–Trinajstić information content (AvgIpc) is 2.98. The number of benzene rings is 2. The molecule has 3 rings (SSSR count). The molecule has 0 aliphatic carbocycles. The first-order valence-electron chi connectivity index (χ1n) is 7.57. The maximum absolute atomic E-state index is 5.88. The molecule has 1 heterocycles. The molecule has 1 aromatic heterocycles. The van der Waals surface area contributed by atoms with Crippen LogP contribution >= 0.6 is 0 Å². The van der Waals surface area contributed by atoms with Crippen LogP contribution < -0.4 is 10.5 Å². The van der Waals surface area contributed by atoms with E-state index in [2.05, 4.69) is 17.2 Å². The van der Waals surface area contributed by atoms with Gasteiger partial charge in [-0.05, 0) is 38.1 Å². The van der Waals surface area contributed by atoms with E-state index >= 15 is 0 Å². The first-order chi connectivity index (χ1) is 11.2. The highest BCUT2D eigenvalue weighted by molar-refractivity contribution is 5.36. The Morgan fingerprint density at radius 3 is 2.17 bits per heavy atom. The van der Waals surface area contributed by atoms with Gasteiger partial charge in [0.15, 0.2) is 0 Å². The number of hydrogen-bond donors (Lipinski definition) is 1.